The zero-order chi connectivity index (χ0) is 12.9. The molecule has 17 heavy (non-hydrogen) atoms. The fourth-order valence-corrected chi connectivity index (χ4v) is 2.24. The Hall–Kier alpha value is -0.610. The predicted octanol–water partition coefficient (Wildman–Crippen LogP) is 1.44. The van der Waals surface area contributed by atoms with Crippen LogP contribution in [0.5, 0.6) is 0 Å². The van der Waals surface area contributed by atoms with Crippen molar-refractivity contribution in [2.75, 3.05) is 13.1 Å². The lowest BCUT2D eigenvalue weighted by Gasteiger charge is -2.30. The summed E-state index contributed by atoms with van der Waals surface area (Å²) in [7, 11) is 0. The van der Waals surface area contributed by atoms with Gasteiger partial charge in [0.15, 0.2) is 0 Å². The van der Waals surface area contributed by atoms with Crippen molar-refractivity contribution in [1.29, 1.82) is 0 Å². The van der Waals surface area contributed by atoms with Gasteiger partial charge in [0.2, 0.25) is 5.91 Å². The average Bonchev–Trinajstić information content (AvgIpc) is 2.78. The number of hydrogen-bond donors (Lipinski definition) is 2. The summed E-state index contributed by atoms with van der Waals surface area (Å²) in [6, 6.07) is 0. The van der Waals surface area contributed by atoms with E-state index < -0.39 is 0 Å². The number of rotatable bonds is 6. The highest BCUT2D eigenvalue weighted by molar-refractivity contribution is 5.81. The van der Waals surface area contributed by atoms with Crippen LogP contribution >= 0.6 is 0 Å². The van der Waals surface area contributed by atoms with Crippen LogP contribution in [0.15, 0.2) is 0 Å². The highest BCUT2D eigenvalue weighted by Crippen LogP contribution is 2.24. The van der Waals surface area contributed by atoms with Crippen molar-refractivity contribution in [2.24, 2.45) is 11.1 Å². The lowest BCUT2D eigenvalue weighted by molar-refractivity contribution is -0.132. The third-order valence-electron chi connectivity index (χ3n) is 4.10. The molecule has 0 bridgehead atoms. The molecule has 1 aliphatic rings. The molecule has 0 aliphatic carbocycles. The van der Waals surface area contributed by atoms with Crippen molar-refractivity contribution in [3.05, 3.63) is 0 Å². The summed E-state index contributed by atoms with van der Waals surface area (Å²) < 4.78 is 5.55. The van der Waals surface area contributed by atoms with E-state index in [1.807, 2.05) is 6.92 Å². The monoisotopic (exact) mass is 242 g/mol. The number of nitrogens with one attached hydrogen (secondary N) is 1. The highest BCUT2D eigenvalue weighted by Gasteiger charge is 2.30. The maximum Gasteiger partial charge on any atom is 0.249 e. The van der Waals surface area contributed by atoms with Gasteiger partial charge in [-0.3, -0.25) is 4.79 Å². The number of carbonyl (C=O) groups is 1. The second-order valence-corrected chi connectivity index (χ2v) is 5.14. The van der Waals surface area contributed by atoms with Gasteiger partial charge in [-0.1, -0.05) is 13.8 Å². The summed E-state index contributed by atoms with van der Waals surface area (Å²) in [5, 5.41) is 2.99. The maximum atomic E-state index is 11.9. The predicted molar refractivity (Wildman–Crippen MR) is 68.6 cm³/mol. The molecule has 0 aromatic heterocycles. The molecule has 2 unspecified atom stereocenters. The first kappa shape index (κ1) is 14.5. The van der Waals surface area contributed by atoms with Crippen molar-refractivity contribution in [1.82, 2.24) is 5.32 Å². The Bertz CT molecular complexity index is 244. The van der Waals surface area contributed by atoms with Crippen molar-refractivity contribution < 1.29 is 9.53 Å². The standard InChI is InChI=1S/C13H26N2O2/c1-4-13(5-2,8-14)9-15-12(16)11-7-6-10(3)17-11/h10-11H,4-9,14H2,1-3H3,(H,15,16). The summed E-state index contributed by atoms with van der Waals surface area (Å²) in [5.74, 6) is 0.0223. The Labute approximate surface area is 104 Å². The van der Waals surface area contributed by atoms with Crippen LogP contribution in [0.2, 0.25) is 0 Å². The second kappa shape index (κ2) is 6.36. The summed E-state index contributed by atoms with van der Waals surface area (Å²) in [5.41, 5.74) is 5.85. The molecule has 2 atom stereocenters. The van der Waals surface area contributed by atoms with Gasteiger partial charge < -0.3 is 15.8 Å². The Morgan fingerprint density at radius 2 is 2.06 bits per heavy atom. The molecule has 0 saturated carbocycles. The van der Waals surface area contributed by atoms with Gasteiger partial charge in [0, 0.05) is 6.54 Å². The van der Waals surface area contributed by atoms with Gasteiger partial charge in [-0.25, -0.2) is 0 Å². The van der Waals surface area contributed by atoms with Crippen LogP contribution in [0, 0.1) is 5.41 Å². The van der Waals surface area contributed by atoms with Crippen LogP contribution in [0.1, 0.15) is 46.5 Å². The van der Waals surface area contributed by atoms with Crippen LogP contribution in [-0.4, -0.2) is 31.2 Å². The number of ether oxygens (including phenoxy) is 1. The molecule has 0 radical (unpaired) electrons. The van der Waals surface area contributed by atoms with Gasteiger partial charge in [-0.15, -0.1) is 0 Å². The molecule has 1 rings (SSSR count). The van der Waals surface area contributed by atoms with E-state index in [4.69, 9.17) is 10.5 Å². The van der Waals surface area contributed by atoms with Gasteiger partial charge in [-0.05, 0) is 44.6 Å². The highest BCUT2D eigenvalue weighted by atomic mass is 16.5. The van der Waals surface area contributed by atoms with Crippen LogP contribution < -0.4 is 11.1 Å². The van der Waals surface area contributed by atoms with Crippen LogP contribution in [0.4, 0.5) is 0 Å². The molecule has 0 spiro atoms. The number of hydrogen-bond acceptors (Lipinski definition) is 3. The Morgan fingerprint density at radius 1 is 1.41 bits per heavy atom. The van der Waals surface area contributed by atoms with Gasteiger partial charge in [0.25, 0.3) is 0 Å². The number of amides is 1. The first-order valence-corrected chi connectivity index (χ1v) is 6.70. The zero-order valence-corrected chi connectivity index (χ0v) is 11.3. The van der Waals surface area contributed by atoms with Crippen LogP contribution in [-0.2, 0) is 9.53 Å². The van der Waals surface area contributed by atoms with Crippen molar-refractivity contribution in [3.63, 3.8) is 0 Å². The molecule has 1 saturated heterocycles. The fraction of sp³-hybridized carbons (Fsp3) is 0.923. The largest absolute Gasteiger partial charge is 0.365 e. The molecule has 0 aromatic carbocycles. The molecule has 1 fully saturated rings. The summed E-state index contributed by atoms with van der Waals surface area (Å²) >= 11 is 0. The molecular weight excluding hydrogens is 216 g/mol. The number of carbonyl (C=O) groups excluding carboxylic acids is 1. The van der Waals surface area contributed by atoms with Crippen molar-refractivity contribution in [3.8, 4) is 0 Å². The SMILES string of the molecule is CCC(CC)(CN)CNC(=O)C1CCC(C)O1. The van der Waals surface area contributed by atoms with E-state index in [1.165, 1.54) is 0 Å². The lowest BCUT2D eigenvalue weighted by atomic mass is 9.82. The third kappa shape index (κ3) is 3.68. The minimum absolute atomic E-state index is 0.0223. The smallest absolute Gasteiger partial charge is 0.249 e. The summed E-state index contributed by atoms with van der Waals surface area (Å²) in [4.78, 5) is 11.9. The second-order valence-electron chi connectivity index (χ2n) is 5.14. The van der Waals surface area contributed by atoms with Gasteiger partial charge in [0.05, 0.1) is 6.10 Å². The average molecular weight is 242 g/mol. The van der Waals surface area contributed by atoms with E-state index in [9.17, 15) is 4.79 Å². The molecule has 1 heterocycles. The molecule has 3 N–H and O–H groups in total. The Morgan fingerprint density at radius 3 is 2.47 bits per heavy atom. The molecule has 1 aliphatic heterocycles. The van der Waals surface area contributed by atoms with Gasteiger partial charge in [-0.2, -0.15) is 0 Å². The van der Waals surface area contributed by atoms with E-state index in [-0.39, 0.29) is 23.5 Å². The molecule has 4 nitrogen and oxygen atoms in total. The molecule has 0 aromatic rings. The normalized spacial score (nSPS) is 24.9. The topological polar surface area (TPSA) is 64.3 Å². The van der Waals surface area contributed by atoms with Crippen molar-refractivity contribution in [2.45, 2.75) is 58.7 Å². The molecule has 100 valence electrons. The maximum absolute atomic E-state index is 11.9. The molecule has 1 amide bonds. The first-order chi connectivity index (χ1) is 8.06. The first-order valence-electron chi connectivity index (χ1n) is 6.70. The Balaban J connectivity index is 2.41. The molecule has 4 heteroatoms. The summed E-state index contributed by atoms with van der Waals surface area (Å²) in [6.07, 6.45) is 3.74. The van der Waals surface area contributed by atoms with E-state index in [1.54, 1.807) is 0 Å². The minimum Gasteiger partial charge on any atom is -0.365 e. The van der Waals surface area contributed by atoms with E-state index in [0.29, 0.717) is 13.1 Å². The van der Waals surface area contributed by atoms with Crippen molar-refractivity contribution >= 4 is 5.91 Å². The zero-order valence-electron chi connectivity index (χ0n) is 11.3. The third-order valence-corrected chi connectivity index (χ3v) is 4.10. The fourth-order valence-electron chi connectivity index (χ4n) is 2.24. The van der Waals surface area contributed by atoms with Gasteiger partial charge in [0.1, 0.15) is 6.10 Å². The minimum atomic E-state index is -0.255. The Kier molecular flexibility index (Phi) is 5.40. The van der Waals surface area contributed by atoms with Crippen LogP contribution in [0.3, 0.4) is 0 Å². The van der Waals surface area contributed by atoms with E-state index in [0.717, 1.165) is 25.7 Å². The van der Waals surface area contributed by atoms with Gasteiger partial charge >= 0.3 is 0 Å². The van der Waals surface area contributed by atoms with E-state index >= 15 is 0 Å². The summed E-state index contributed by atoms with van der Waals surface area (Å²) in [6.45, 7) is 7.52. The van der Waals surface area contributed by atoms with Crippen LogP contribution in [0.25, 0.3) is 0 Å². The van der Waals surface area contributed by atoms with E-state index in [2.05, 4.69) is 19.2 Å². The quantitative estimate of drug-likeness (QED) is 0.740. The number of nitrogens with two attached hydrogens (primary N) is 1. The molecular formula is C13H26N2O2. The lowest BCUT2D eigenvalue weighted by Crippen LogP contribution is -2.45.